The average molecular weight is 345 g/mol. The number of imidazole rings is 2. The van der Waals surface area contributed by atoms with Gasteiger partial charge in [-0.25, -0.2) is 18.4 Å². The van der Waals surface area contributed by atoms with Gasteiger partial charge < -0.3 is 9.13 Å². The maximum atomic E-state index is 12.7. The molecule has 0 saturated carbocycles. The number of aryl methyl sites for hydroxylation is 2. The summed E-state index contributed by atoms with van der Waals surface area (Å²) >= 11 is 0. The zero-order valence-corrected chi connectivity index (χ0v) is 14.5. The van der Waals surface area contributed by atoms with Crippen LogP contribution < -0.4 is 0 Å². The molecule has 8 heteroatoms. The molecule has 3 heterocycles. The maximum Gasteiger partial charge on any atom is 0.243 e. The Hall–Kier alpha value is -2.19. The largest absolute Gasteiger partial charge is 0.331 e. The molecular formula is C16H19N5O2S. The highest BCUT2D eigenvalue weighted by atomic mass is 32.2. The van der Waals surface area contributed by atoms with E-state index in [2.05, 4.69) is 9.97 Å². The molecule has 1 aliphatic rings. The van der Waals surface area contributed by atoms with E-state index in [0.717, 1.165) is 24.2 Å². The van der Waals surface area contributed by atoms with Gasteiger partial charge in [-0.05, 0) is 31.0 Å². The van der Waals surface area contributed by atoms with Crippen LogP contribution in [-0.2, 0) is 24.1 Å². The molecule has 0 radical (unpaired) electrons. The van der Waals surface area contributed by atoms with Gasteiger partial charge >= 0.3 is 0 Å². The number of hydrogen-bond acceptors (Lipinski definition) is 4. The van der Waals surface area contributed by atoms with Crippen LogP contribution in [0.25, 0.3) is 22.7 Å². The minimum Gasteiger partial charge on any atom is -0.331 e. The minimum absolute atomic E-state index is 0.307. The third-order valence-electron chi connectivity index (χ3n) is 4.58. The van der Waals surface area contributed by atoms with E-state index in [1.807, 2.05) is 35.5 Å². The van der Waals surface area contributed by atoms with E-state index in [1.54, 1.807) is 22.6 Å². The first-order chi connectivity index (χ1) is 11.5. The zero-order valence-electron chi connectivity index (χ0n) is 13.7. The molecule has 0 atom stereocenters. The molecule has 0 bridgehead atoms. The molecule has 1 saturated heterocycles. The summed E-state index contributed by atoms with van der Waals surface area (Å²) in [6.07, 6.45) is 5.43. The molecule has 4 rings (SSSR count). The van der Waals surface area contributed by atoms with Gasteiger partial charge in [0.15, 0.2) is 11.6 Å². The molecule has 0 amide bonds. The Morgan fingerprint density at radius 1 is 1.08 bits per heavy atom. The van der Waals surface area contributed by atoms with Gasteiger partial charge in [-0.1, -0.05) is 0 Å². The van der Waals surface area contributed by atoms with Crippen molar-refractivity contribution in [2.45, 2.75) is 17.7 Å². The molecule has 0 unspecified atom stereocenters. The predicted octanol–water partition coefficient (Wildman–Crippen LogP) is 1.76. The molecule has 0 N–H and O–H groups in total. The number of nitrogens with zero attached hydrogens (tertiary/aromatic N) is 5. The van der Waals surface area contributed by atoms with E-state index in [-0.39, 0.29) is 0 Å². The summed E-state index contributed by atoms with van der Waals surface area (Å²) in [5.41, 5.74) is 1.55. The summed E-state index contributed by atoms with van der Waals surface area (Å²) in [6.45, 7) is 1.20. The number of aromatic nitrogens is 4. The van der Waals surface area contributed by atoms with Crippen LogP contribution in [0.5, 0.6) is 0 Å². The highest BCUT2D eigenvalue weighted by Crippen LogP contribution is 2.27. The number of fused-ring (bicyclic) bond motifs is 1. The first-order valence-corrected chi connectivity index (χ1v) is 9.37. The smallest absolute Gasteiger partial charge is 0.243 e. The van der Waals surface area contributed by atoms with Crippen LogP contribution in [0.4, 0.5) is 0 Å². The highest BCUT2D eigenvalue weighted by molar-refractivity contribution is 7.89. The maximum absolute atomic E-state index is 12.7. The molecule has 126 valence electrons. The lowest BCUT2D eigenvalue weighted by Crippen LogP contribution is -2.27. The fourth-order valence-corrected chi connectivity index (χ4v) is 4.74. The molecule has 1 aromatic carbocycles. The minimum atomic E-state index is -3.43. The van der Waals surface area contributed by atoms with Crippen LogP contribution in [-0.4, -0.2) is 44.9 Å². The SMILES string of the molecule is Cn1ccnc1-c1nc2cc(S(=O)(=O)N3CCCC3)ccc2n1C. The number of hydrogen-bond donors (Lipinski definition) is 0. The number of sulfonamides is 1. The van der Waals surface area contributed by atoms with Crippen molar-refractivity contribution >= 4 is 21.1 Å². The van der Waals surface area contributed by atoms with Gasteiger partial charge in [0.1, 0.15) is 0 Å². The van der Waals surface area contributed by atoms with Crippen molar-refractivity contribution in [1.29, 1.82) is 0 Å². The standard InChI is InChI=1S/C16H19N5O2S/c1-19-10-7-17-15(19)16-18-13-11-12(5-6-14(13)20(16)2)24(22,23)21-8-3-4-9-21/h5-7,10-11H,3-4,8-9H2,1-2H3. The summed E-state index contributed by atoms with van der Waals surface area (Å²) < 4.78 is 30.8. The highest BCUT2D eigenvalue weighted by Gasteiger charge is 2.27. The van der Waals surface area contributed by atoms with E-state index >= 15 is 0 Å². The zero-order chi connectivity index (χ0) is 16.9. The predicted molar refractivity (Wildman–Crippen MR) is 90.9 cm³/mol. The van der Waals surface area contributed by atoms with E-state index in [0.29, 0.717) is 29.3 Å². The summed E-state index contributed by atoms with van der Waals surface area (Å²) in [6, 6.07) is 5.15. The van der Waals surface area contributed by atoms with Gasteiger partial charge in [0.2, 0.25) is 10.0 Å². The van der Waals surface area contributed by atoms with E-state index < -0.39 is 10.0 Å². The first kappa shape index (κ1) is 15.3. The first-order valence-electron chi connectivity index (χ1n) is 7.93. The van der Waals surface area contributed by atoms with Gasteiger partial charge in [-0.2, -0.15) is 4.31 Å². The van der Waals surface area contributed by atoms with Crippen molar-refractivity contribution < 1.29 is 8.42 Å². The van der Waals surface area contributed by atoms with Gasteiger partial charge in [0.25, 0.3) is 0 Å². The third-order valence-corrected chi connectivity index (χ3v) is 6.47. The normalized spacial score (nSPS) is 16.2. The molecule has 2 aromatic heterocycles. The lowest BCUT2D eigenvalue weighted by molar-refractivity contribution is 0.477. The molecule has 1 aliphatic heterocycles. The number of rotatable bonds is 3. The van der Waals surface area contributed by atoms with Crippen LogP contribution in [0.15, 0.2) is 35.5 Å². The van der Waals surface area contributed by atoms with Crippen molar-refractivity contribution in [3.05, 3.63) is 30.6 Å². The van der Waals surface area contributed by atoms with E-state index in [4.69, 9.17) is 0 Å². The second kappa shape index (κ2) is 5.42. The molecule has 0 aliphatic carbocycles. The van der Waals surface area contributed by atoms with Crippen LogP contribution >= 0.6 is 0 Å². The topological polar surface area (TPSA) is 73.0 Å². The van der Waals surface area contributed by atoms with Gasteiger partial charge in [-0.3, -0.25) is 0 Å². The van der Waals surface area contributed by atoms with Crippen LogP contribution in [0, 0.1) is 0 Å². The Labute approximate surface area is 140 Å². The fraction of sp³-hybridized carbons (Fsp3) is 0.375. The quantitative estimate of drug-likeness (QED) is 0.725. The molecule has 0 spiro atoms. The molecule has 7 nitrogen and oxygen atoms in total. The summed E-state index contributed by atoms with van der Waals surface area (Å²) in [4.78, 5) is 9.25. The number of benzene rings is 1. The summed E-state index contributed by atoms with van der Waals surface area (Å²) in [5, 5.41) is 0. The van der Waals surface area contributed by atoms with Crippen LogP contribution in [0.2, 0.25) is 0 Å². The average Bonchev–Trinajstić information content (AvgIpc) is 3.28. The summed E-state index contributed by atoms with van der Waals surface area (Å²) in [5.74, 6) is 1.46. The van der Waals surface area contributed by atoms with Gasteiger partial charge in [0, 0.05) is 39.6 Å². The summed E-state index contributed by atoms with van der Waals surface area (Å²) in [7, 11) is 0.386. The Morgan fingerprint density at radius 3 is 2.50 bits per heavy atom. The van der Waals surface area contributed by atoms with Crippen molar-refractivity contribution in [3.63, 3.8) is 0 Å². The van der Waals surface area contributed by atoms with Crippen LogP contribution in [0.1, 0.15) is 12.8 Å². The van der Waals surface area contributed by atoms with Crippen molar-refractivity contribution in [2.75, 3.05) is 13.1 Å². The Balaban J connectivity index is 1.83. The van der Waals surface area contributed by atoms with Crippen LogP contribution in [0.3, 0.4) is 0 Å². The van der Waals surface area contributed by atoms with E-state index in [1.165, 1.54) is 0 Å². The third kappa shape index (κ3) is 2.25. The van der Waals surface area contributed by atoms with Crippen molar-refractivity contribution in [2.24, 2.45) is 14.1 Å². The Kier molecular flexibility index (Phi) is 3.47. The Bertz CT molecular complexity index is 1010. The van der Waals surface area contributed by atoms with Crippen molar-refractivity contribution in [3.8, 4) is 11.6 Å². The second-order valence-corrected chi connectivity index (χ2v) is 8.06. The second-order valence-electron chi connectivity index (χ2n) is 6.12. The molecule has 1 fully saturated rings. The Morgan fingerprint density at radius 2 is 1.83 bits per heavy atom. The lowest BCUT2D eigenvalue weighted by atomic mass is 10.3. The molecule has 24 heavy (non-hydrogen) atoms. The molecule has 3 aromatic rings. The fourth-order valence-electron chi connectivity index (χ4n) is 3.20. The van der Waals surface area contributed by atoms with Crippen molar-refractivity contribution in [1.82, 2.24) is 23.4 Å². The van der Waals surface area contributed by atoms with Gasteiger partial charge in [-0.15, -0.1) is 0 Å². The van der Waals surface area contributed by atoms with Gasteiger partial charge in [0.05, 0.1) is 15.9 Å². The molecular weight excluding hydrogens is 326 g/mol. The van der Waals surface area contributed by atoms with E-state index in [9.17, 15) is 8.42 Å². The lowest BCUT2D eigenvalue weighted by Gasteiger charge is -2.15. The monoisotopic (exact) mass is 345 g/mol.